The first-order valence-corrected chi connectivity index (χ1v) is 17.2. The fourth-order valence-electron chi connectivity index (χ4n) is 6.62. The van der Waals surface area contributed by atoms with E-state index < -0.39 is 47.9 Å². The average molecular weight is 610 g/mol. The first-order valence-electron chi connectivity index (χ1n) is 17.2. The lowest BCUT2D eigenvalue weighted by atomic mass is 9.82. The molecule has 0 heterocycles. The molecule has 250 valence electrons. The molecule has 0 radical (unpaired) electrons. The van der Waals surface area contributed by atoms with Crippen LogP contribution >= 0.6 is 0 Å². The standard InChI is InChI=1S/C34H63N3O6/c1-8-23(4)29(32(41)35-26(20-24-15-11-9-12-16-24)30(39)28(38)19-22(2)3)37-31(40)27(21-25-17-13-10-14-18-25)36-33(42)43-34(5,6)7/h22-30,38-39H,8-21H2,1-7H3,(H,35,41)(H,36,42)(H,37,40)/t23-,26-,27-,28-,29-,30+/m0/s1. The van der Waals surface area contributed by atoms with Crippen molar-refractivity contribution in [1.29, 1.82) is 0 Å². The first-order chi connectivity index (χ1) is 20.2. The Morgan fingerprint density at radius 3 is 1.81 bits per heavy atom. The Hall–Kier alpha value is -1.87. The lowest BCUT2D eigenvalue weighted by Crippen LogP contribution is -2.59. The second kappa shape index (κ2) is 18.2. The van der Waals surface area contributed by atoms with Gasteiger partial charge in [0.15, 0.2) is 0 Å². The zero-order valence-electron chi connectivity index (χ0n) is 28.1. The Balaban J connectivity index is 2.23. The maximum Gasteiger partial charge on any atom is 0.408 e. The molecule has 2 aliphatic carbocycles. The molecule has 2 fully saturated rings. The van der Waals surface area contributed by atoms with Crippen molar-refractivity contribution in [2.45, 2.75) is 174 Å². The summed E-state index contributed by atoms with van der Waals surface area (Å²) in [6.07, 6.45) is 10.4. The van der Waals surface area contributed by atoms with Crippen molar-refractivity contribution >= 4 is 17.9 Å². The molecule has 3 amide bonds. The molecule has 5 N–H and O–H groups in total. The summed E-state index contributed by atoms with van der Waals surface area (Å²) in [7, 11) is 0. The van der Waals surface area contributed by atoms with Gasteiger partial charge in [0, 0.05) is 0 Å². The first kappa shape index (κ1) is 37.3. The van der Waals surface area contributed by atoms with Crippen LogP contribution in [0.3, 0.4) is 0 Å². The minimum Gasteiger partial charge on any atom is -0.444 e. The Kier molecular flexibility index (Phi) is 15.8. The van der Waals surface area contributed by atoms with Crippen molar-refractivity contribution in [1.82, 2.24) is 16.0 Å². The molecule has 0 bridgehead atoms. The van der Waals surface area contributed by atoms with Crippen molar-refractivity contribution in [2.24, 2.45) is 23.7 Å². The monoisotopic (exact) mass is 609 g/mol. The third-order valence-electron chi connectivity index (χ3n) is 9.25. The third-order valence-corrected chi connectivity index (χ3v) is 9.25. The maximum absolute atomic E-state index is 13.9. The van der Waals surface area contributed by atoms with Gasteiger partial charge in [-0.1, -0.05) is 98.3 Å². The molecule has 43 heavy (non-hydrogen) atoms. The van der Waals surface area contributed by atoms with E-state index in [1.54, 1.807) is 20.8 Å². The lowest BCUT2D eigenvalue weighted by Gasteiger charge is -2.35. The van der Waals surface area contributed by atoms with E-state index in [1.165, 1.54) is 12.8 Å². The highest BCUT2D eigenvalue weighted by Gasteiger charge is 2.36. The van der Waals surface area contributed by atoms with Crippen LogP contribution in [0.1, 0.15) is 138 Å². The zero-order valence-corrected chi connectivity index (χ0v) is 28.1. The van der Waals surface area contributed by atoms with E-state index in [4.69, 9.17) is 4.74 Å². The van der Waals surface area contributed by atoms with Crippen molar-refractivity contribution in [3.63, 3.8) is 0 Å². The smallest absolute Gasteiger partial charge is 0.408 e. The number of hydrogen-bond donors (Lipinski definition) is 5. The van der Waals surface area contributed by atoms with E-state index in [9.17, 15) is 24.6 Å². The molecule has 2 aliphatic rings. The summed E-state index contributed by atoms with van der Waals surface area (Å²) in [5.41, 5.74) is -0.705. The summed E-state index contributed by atoms with van der Waals surface area (Å²) in [5.74, 6) is -0.0772. The molecule has 0 spiro atoms. The fraction of sp³-hybridized carbons (Fsp3) is 0.912. The molecule has 9 nitrogen and oxygen atoms in total. The molecular weight excluding hydrogens is 546 g/mol. The van der Waals surface area contributed by atoms with Crippen molar-refractivity contribution in [2.75, 3.05) is 0 Å². The van der Waals surface area contributed by atoms with Crippen LogP contribution in [0.2, 0.25) is 0 Å². The Morgan fingerprint density at radius 2 is 1.33 bits per heavy atom. The number of ether oxygens (including phenoxy) is 1. The number of aliphatic hydroxyl groups excluding tert-OH is 2. The Labute approximate surface area is 261 Å². The molecular formula is C34H63N3O6. The number of nitrogens with one attached hydrogen (secondary N) is 3. The Bertz CT molecular complexity index is 848. The van der Waals surface area contributed by atoms with Crippen LogP contribution in [0.15, 0.2) is 0 Å². The van der Waals surface area contributed by atoms with Crippen molar-refractivity contribution < 1.29 is 29.3 Å². The highest BCUT2D eigenvalue weighted by atomic mass is 16.6. The van der Waals surface area contributed by atoms with E-state index in [2.05, 4.69) is 16.0 Å². The quantitative estimate of drug-likeness (QED) is 0.164. The number of hydrogen-bond acceptors (Lipinski definition) is 6. The van der Waals surface area contributed by atoms with Gasteiger partial charge in [-0.15, -0.1) is 0 Å². The third kappa shape index (κ3) is 13.8. The fourth-order valence-corrected chi connectivity index (χ4v) is 6.62. The van der Waals surface area contributed by atoms with Gasteiger partial charge in [-0.25, -0.2) is 4.79 Å². The highest BCUT2D eigenvalue weighted by Crippen LogP contribution is 2.30. The van der Waals surface area contributed by atoms with Crippen LogP contribution in [0.4, 0.5) is 4.79 Å². The van der Waals surface area contributed by atoms with Gasteiger partial charge in [0.2, 0.25) is 11.8 Å². The minimum atomic E-state index is -1.10. The van der Waals surface area contributed by atoms with Gasteiger partial charge in [-0.3, -0.25) is 9.59 Å². The van der Waals surface area contributed by atoms with Crippen LogP contribution in [-0.2, 0) is 14.3 Å². The van der Waals surface area contributed by atoms with Crippen molar-refractivity contribution in [3.05, 3.63) is 0 Å². The van der Waals surface area contributed by atoms with Crippen molar-refractivity contribution in [3.8, 4) is 0 Å². The summed E-state index contributed by atoms with van der Waals surface area (Å²) in [5, 5.41) is 30.8. The molecule has 0 aromatic heterocycles. The van der Waals surface area contributed by atoms with E-state index in [0.717, 1.165) is 51.4 Å². The number of alkyl carbamates (subject to hydrolysis) is 1. The molecule has 6 atom stereocenters. The normalized spacial score (nSPS) is 21.3. The van der Waals surface area contributed by atoms with Gasteiger partial charge < -0.3 is 30.9 Å². The molecule has 0 saturated heterocycles. The van der Waals surface area contributed by atoms with E-state index in [-0.39, 0.29) is 17.7 Å². The van der Waals surface area contributed by atoms with Crippen LogP contribution in [0.5, 0.6) is 0 Å². The second-order valence-electron chi connectivity index (χ2n) is 14.9. The van der Waals surface area contributed by atoms with Crippen LogP contribution in [0.25, 0.3) is 0 Å². The van der Waals surface area contributed by atoms with Gasteiger partial charge in [0.25, 0.3) is 0 Å². The molecule has 0 unspecified atom stereocenters. The van der Waals surface area contributed by atoms with E-state index >= 15 is 0 Å². The number of carbonyl (C=O) groups is 3. The van der Waals surface area contributed by atoms with Gasteiger partial charge in [0.1, 0.15) is 23.8 Å². The van der Waals surface area contributed by atoms with Gasteiger partial charge in [-0.2, -0.15) is 0 Å². The topological polar surface area (TPSA) is 137 Å². The molecule has 0 aromatic rings. The van der Waals surface area contributed by atoms with Gasteiger partial charge >= 0.3 is 6.09 Å². The predicted molar refractivity (Wildman–Crippen MR) is 170 cm³/mol. The van der Waals surface area contributed by atoms with E-state index in [1.807, 2.05) is 27.7 Å². The summed E-state index contributed by atoms with van der Waals surface area (Å²) in [6, 6.07) is -2.30. The largest absolute Gasteiger partial charge is 0.444 e. The van der Waals surface area contributed by atoms with Crippen LogP contribution < -0.4 is 16.0 Å². The summed E-state index contributed by atoms with van der Waals surface area (Å²) in [4.78, 5) is 40.4. The average Bonchev–Trinajstić information content (AvgIpc) is 2.94. The summed E-state index contributed by atoms with van der Waals surface area (Å²) in [6.45, 7) is 13.2. The van der Waals surface area contributed by atoms with Crippen LogP contribution in [-0.4, -0.2) is 64.1 Å². The maximum atomic E-state index is 13.9. The van der Waals surface area contributed by atoms with Gasteiger partial charge in [0.05, 0.1) is 12.1 Å². The van der Waals surface area contributed by atoms with E-state index in [0.29, 0.717) is 37.5 Å². The number of carbonyl (C=O) groups excluding carboxylic acids is 3. The molecule has 0 aromatic carbocycles. The molecule has 0 aliphatic heterocycles. The van der Waals surface area contributed by atoms with Gasteiger partial charge in [-0.05, 0) is 63.7 Å². The molecule has 2 rings (SSSR count). The molecule has 2 saturated carbocycles. The SMILES string of the molecule is CC[C@H](C)[C@H](NC(=O)[C@H](CC1CCCCC1)NC(=O)OC(C)(C)C)C(=O)N[C@@H](CC1CCCCC1)[C@@H](O)[C@@H](O)CC(C)C. The minimum absolute atomic E-state index is 0.186. The number of aliphatic hydroxyl groups is 2. The molecule has 9 heteroatoms. The second-order valence-corrected chi connectivity index (χ2v) is 14.9. The summed E-state index contributed by atoms with van der Waals surface area (Å²) < 4.78 is 5.47. The highest BCUT2D eigenvalue weighted by molar-refractivity contribution is 5.91. The number of amides is 3. The predicted octanol–water partition coefficient (Wildman–Crippen LogP) is 5.60. The Morgan fingerprint density at radius 1 is 0.791 bits per heavy atom. The number of rotatable bonds is 15. The lowest BCUT2D eigenvalue weighted by molar-refractivity contribution is -0.133. The summed E-state index contributed by atoms with van der Waals surface area (Å²) >= 11 is 0. The van der Waals surface area contributed by atoms with Crippen LogP contribution in [0, 0.1) is 23.7 Å². The zero-order chi connectivity index (χ0) is 32.2.